The van der Waals surface area contributed by atoms with Gasteiger partial charge in [0.05, 0.1) is 12.7 Å². The zero-order valence-electron chi connectivity index (χ0n) is 13.9. The van der Waals surface area contributed by atoms with Gasteiger partial charge in [-0.3, -0.25) is 0 Å². The summed E-state index contributed by atoms with van der Waals surface area (Å²) in [6.45, 7) is 11.3. The van der Waals surface area contributed by atoms with Crippen molar-refractivity contribution in [2.24, 2.45) is 11.7 Å². The van der Waals surface area contributed by atoms with Crippen LogP contribution in [0.25, 0.3) is 0 Å². The summed E-state index contributed by atoms with van der Waals surface area (Å²) in [5.41, 5.74) is 7.01. The molecule has 0 aliphatic heterocycles. The fourth-order valence-electron chi connectivity index (χ4n) is 1.33. The van der Waals surface area contributed by atoms with Gasteiger partial charge in [0.25, 0.3) is 0 Å². The maximum absolute atomic E-state index is 10.9. The Bertz CT molecular complexity index is 331. The first-order chi connectivity index (χ1) is 9.51. The fourth-order valence-corrected chi connectivity index (χ4v) is 1.33. The van der Waals surface area contributed by atoms with Crippen LogP contribution in [0.3, 0.4) is 0 Å². The molecule has 0 fully saturated rings. The van der Waals surface area contributed by atoms with Gasteiger partial charge in [-0.05, 0) is 44.4 Å². The minimum absolute atomic E-state index is 0.287. The van der Waals surface area contributed by atoms with E-state index in [0.29, 0.717) is 5.56 Å². The van der Waals surface area contributed by atoms with E-state index in [4.69, 9.17) is 5.73 Å². The van der Waals surface area contributed by atoms with Crippen LogP contribution in [-0.2, 0) is 4.74 Å². The summed E-state index contributed by atoms with van der Waals surface area (Å²) in [6.07, 6.45) is 2.45. The molecule has 0 heterocycles. The first kappa shape index (κ1) is 21.0. The average Bonchev–Trinajstić information content (AvgIpc) is 2.47. The minimum Gasteiger partial charge on any atom is -0.465 e. The molecule has 0 spiro atoms. The lowest BCUT2D eigenvalue weighted by molar-refractivity contribution is 0.0600. The van der Waals surface area contributed by atoms with E-state index in [9.17, 15) is 4.79 Å². The van der Waals surface area contributed by atoms with E-state index in [-0.39, 0.29) is 5.97 Å². The first-order valence-corrected chi connectivity index (χ1v) is 7.36. The van der Waals surface area contributed by atoms with Crippen LogP contribution in [0.2, 0.25) is 0 Å². The number of nitrogens with two attached hydrogens (primary N) is 1. The van der Waals surface area contributed by atoms with Gasteiger partial charge in [-0.2, -0.15) is 0 Å². The van der Waals surface area contributed by atoms with E-state index >= 15 is 0 Å². The van der Waals surface area contributed by atoms with Crippen LogP contribution >= 0.6 is 0 Å². The molecule has 0 aliphatic rings. The highest BCUT2D eigenvalue weighted by atomic mass is 16.5. The van der Waals surface area contributed by atoms with Crippen molar-refractivity contribution in [1.29, 1.82) is 0 Å². The van der Waals surface area contributed by atoms with Gasteiger partial charge < -0.3 is 10.5 Å². The van der Waals surface area contributed by atoms with E-state index in [2.05, 4.69) is 18.6 Å². The van der Waals surface area contributed by atoms with E-state index in [1.807, 2.05) is 32.9 Å². The second-order valence-corrected chi connectivity index (χ2v) is 4.68. The van der Waals surface area contributed by atoms with Crippen LogP contribution in [0, 0.1) is 12.8 Å². The summed E-state index contributed by atoms with van der Waals surface area (Å²) < 4.78 is 4.54. The smallest absolute Gasteiger partial charge is 0.337 e. The average molecular weight is 281 g/mol. The quantitative estimate of drug-likeness (QED) is 0.842. The van der Waals surface area contributed by atoms with Crippen LogP contribution in [0.5, 0.6) is 0 Å². The molecule has 0 saturated heterocycles. The Morgan fingerprint density at radius 2 is 1.70 bits per heavy atom. The molecule has 3 nitrogen and oxygen atoms in total. The van der Waals surface area contributed by atoms with Crippen LogP contribution in [0.4, 0.5) is 0 Å². The van der Waals surface area contributed by atoms with Gasteiger partial charge >= 0.3 is 5.97 Å². The van der Waals surface area contributed by atoms with Gasteiger partial charge in [0.2, 0.25) is 0 Å². The molecule has 1 rings (SSSR count). The summed E-state index contributed by atoms with van der Waals surface area (Å²) in [4.78, 5) is 10.9. The maximum Gasteiger partial charge on any atom is 0.337 e. The summed E-state index contributed by atoms with van der Waals surface area (Å²) in [5, 5.41) is 0. The SMILES string of the molecule is CC.CC(C)CCCN.COC(=O)c1ccc(C)cc1. The normalized spacial score (nSPS) is 9.00. The van der Waals surface area contributed by atoms with Gasteiger partial charge in [-0.1, -0.05) is 45.4 Å². The van der Waals surface area contributed by atoms with Crippen molar-refractivity contribution in [3.63, 3.8) is 0 Å². The molecule has 0 aliphatic carbocycles. The Labute approximate surface area is 124 Å². The highest BCUT2D eigenvalue weighted by Crippen LogP contribution is 2.03. The standard InChI is InChI=1S/C9H10O2.C6H15N.C2H6/c1-7-3-5-8(6-4-7)9(10)11-2;1-6(2)4-3-5-7;1-2/h3-6H,1-2H3;6H,3-5,7H2,1-2H3;1-2H3. The van der Waals surface area contributed by atoms with Crippen molar-refractivity contribution in [2.75, 3.05) is 13.7 Å². The maximum atomic E-state index is 10.9. The lowest BCUT2D eigenvalue weighted by atomic mass is 10.1. The molecule has 0 aromatic heterocycles. The van der Waals surface area contributed by atoms with Crippen molar-refractivity contribution in [2.45, 2.75) is 47.5 Å². The molecule has 1 aromatic carbocycles. The number of hydrogen-bond acceptors (Lipinski definition) is 3. The molecule has 20 heavy (non-hydrogen) atoms. The van der Waals surface area contributed by atoms with Gasteiger partial charge in [-0.15, -0.1) is 0 Å². The molecule has 0 radical (unpaired) electrons. The predicted octanol–water partition coefficient (Wildman–Crippen LogP) is 4.19. The van der Waals surface area contributed by atoms with Gasteiger partial charge in [0.15, 0.2) is 0 Å². The molecule has 0 bridgehead atoms. The Balaban J connectivity index is 0. The Morgan fingerprint density at radius 3 is 2.00 bits per heavy atom. The Morgan fingerprint density at radius 1 is 1.20 bits per heavy atom. The van der Waals surface area contributed by atoms with Crippen LogP contribution in [0.15, 0.2) is 24.3 Å². The third kappa shape index (κ3) is 11.7. The van der Waals surface area contributed by atoms with Crippen LogP contribution < -0.4 is 5.73 Å². The molecular weight excluding hydrogens is 250 g/mol. The number of aryl methyl sites for hydroxylation is 1. The number of benzene rings is 1. The molecule has 3 heteroatoms. The second kappa shape index (κ2) is 14.1. The highest BCUT2D eigenvalue weighted by Gasteiger charge is 2.01. The number of carbonyl (C=O) groups is 1. The largest absolute Gasteiger partial charge is 0.465 e. The minimum atomic E-state index is -0.287. The number of rotatable bonds is 4. The first-order valence-electron chi connectivity index (χ1n) is 7.36. The number of esters is 1. The molecule has 2 N–H and O–H groups in total. The molecule has 1 aromatic rings. The molecule has 0 unspecified atom stereocenters. The zero-order chi connectivity index (χ0) is 16.0. The molecule has 0 amide bonds. The summed E-state index contributed by atoms with van der Waals surface area (Å²) in [5.74, 6) is 0.536. The lowest BCUT2D eigenvalue weighted by Crippen LogP contribution is -2.00. The predicted molar refractivity (Wildman–Crippen MR) is 87.0 cm³/mol. The van der Waals surface area contributed by atoms with Crippen LogP contribution in [0.1, 0.15) is 56.5 Å². The monoisotopic (exact) mass is 281 g/mol. The van der Waals surface area contributed by atoms with Gasteiger partial charge in [0, 0.05) is 0 Å². The Kier molecular flexibility index (Phi) is 14.7. The lowest BCUT2D eigenvalue weighted by Gasteiger charge is -1.98. The van der Waals surface area contributed by atoms with Crippen LogP contribution in [-0.4, -0.2) is 19.6 Å². The van der Waals surface area contributed by atoms with Crippen molar-refractivity contribution >= 4 is 5.97 Å². The van der Waals surface area contributed by atoms with E-state index < -0.39 is 0 Å². The third-order valence-corrected chi connectivity index (χ3v) is 2.46. The summed E-state index contributed by atoms with van der Waals surface area (Å²) in [6, 6.07) is 7.26. The molecule has 116 valence electrons. The van der Waals surface area contributed by atoms with Crippen molar-refractivity contribution < 1.29 is 9.53 Å². The van der Waals surface area contributed by atoms with Gasteiger partial charge in [-0.25, -0.2) is 4.79 Å². The van der Waals surface area contributed by atoms with Crippen molar-refractivity contribution in [3.8, 4) is 0 Å². The van der Waals surface area contributed by atoms with E-state index in [1.165, 1.54) is 20.0 Å². The highest BCUT2D eigenvalue weighted by molar-refractivity contribution is 5.89. The third-order valence-electron chi connectivity index (χ3n) is 2.46. The number of ether oxygens (including phenoxy) is 1. The number of methoxy groups -OCH3 is 1. The zero-order valence-corrected chi connectivity index (χ0v) is 13.9. The topological polar surface area (TPSA) is 52.3 Å². The second-order valence-electron chi connectivity index (χ2n) is 4.68. The van der Waals surface area contributed by atoms with Crippen molar-refractivity contribution in [3.05, 3.63) is 35.4 Å². The molecule has 0 atom stereocenters. The Hall–Kier alpha value is -1.35. The van der Waals surface area contributed by atoms with Gasteiger partial charge in [0.1, 0.15) is 0 Å². The van der Waals surface area contributed by atoms with Crippen molar-refractivity contribution in [1.82, 2.24) is 0 Å². The number of carbonyl (C=O) groups excluding carboxylic acids is 1. The molecule has 0 saturated carbocycles. The summed E-state index contributed by atoms with van der Waals surface area (Å²) in [7, 11) is 1.38. The summed E-state index contributed by atoms with van der Waals surface area (Å²) >= 11 is 0. The van der Waals surface area contributed by atoms with E-state index in [1.54, 1.807) is 12.1 Å². The molecular formula is C17H31NO2. The number of hydrogen-bond donors (Lipinski definition) is 1. The van der Waals surface area contributed by atoms with E-state index in [0.717, 1.165) is 18.0 Å². The fraction of sp³-hybridized carbons (Fsp3) is 0.588.